The van der Waals surface area contributed by atoms with Gasteiger partial charge >= 0.3 is 0 Å². The SMILES string of the molecule is CCNC(=NCc1cc2c(cc1OCC)CC(C)O2)NCC(C)(O)c1cccs1. The summed E-state index contributed by atoms with van der Waals surface area (Å²) in [6.45, 7) is 10.0. The number of nitrogens with zero attached hydrogens (tertiary/aromatic N) is 1. The van der Waals surface area contributed by atoms with Crippen LogP contribution in [0.1, 0.15) is 43.7 Å². The third-order valence-corrected chi connectivity index (χ3v) is 5.91. The van der Waals surface area contributed by atoms with Gasteiger partial charge in [0.05, 0.1) is 19.7 Å². The van der Waals surface area contributed by atoms with Crippen molar-refractivity contribution in [1.82, 2.24) is 10.6 Å². The molecule has 0 amide bonds. The lowest BCUT2D eigenvalue weighted by molar-refractivity contribution is 0.0655. The zero-order valence-electron chi connectivity index (χ0n) is 17.6. The fourth-order valence-corrected chi connectivity index (χ4v) is 4.12. The van der Waals surface area contributed by atoms with Gasteiger partial charge in [-0.3, -0.25) is 0 Å². The van der Waals surface area contributed by atoms with Crippen molar-refractivity contribution >= 4 is 17.3 Å². The Hall–Kier alpha value is -2.25. The first-order chi connectivity index (χ1) is 13.9. The van der Waals surface area contributed by atoms with Crippen molar-refractivity contribution in [3.63, 3.8) is 0 Å². The lowest BCUT2D eigenvalue weighted by atomic mass is 10.1. The first kappa shape index (κ1) is 21.5. The molecule has 0 aliphatic carbocycles. The summed E-state index contributed by atoms with van der Waals surface area (Å²) >= 11 is 1.54. The van der Waals surface area contributed by atoms with Crippen LogP contribution in [0.25, 0.3) is 0 Å². The molecule has 7 heteroatoms. The lowest BCUT2D eigenvalue weighted by Gasteiger charge is -2.23. The predicted octanol–water partition coefficient (Wildman–Crippen LogP) is 3.43. The van der Waals surface area contributed by atoms with E-state index in [1.165, 1.54) is 5.56 Å². The number of benzene rings is 1. The number of aliphatic hydroxyl groups is 1. The van der Waals surface area contributed by atoms with Gasteiger partial charge in [-0.15, -0.1) is 11.3 Å². The molecule has 3 rings (SSSR count). The van der Waals surface area contributed by atoms with Gasteiger partial charge in [0.2, 0.25) is 0 Å². The summed E-state index contributed by atoms with van der Waals surface area (Å²) in [6, 6.07) is 8.00. The quantitative estimate of drug-likeness (QED) is 0.453. The van der Waals surface area contributed by atoms with Gasteiger partial charge in [0.1, 0.15) is 23.2 Å². The Bertz CT molecular complexity index is 834. The van der Waals surface area contributed by atoms with Crippen molar-refractivity contribution in [3.05, 3.63) is 45.6 Å². The second-order valence-electron chi connectivity index (χ2n) is 7.43. The fourth-order valence-electron chi connectivity index (χ4n) is 3.33. The second kappa shape index (κ2) is 9.50. The van der Waals surface area contributed by atoms with Gasteiger partial charge in [-0.1, -0.05) is 6.07 Å². The van der Waals surface area contributed by atoms with Crippen molar-refractivity contribution < 1.29 is 14.6 Å². The van der Waals surface area contributed by atoms with Crippen molar-refractivity contribution in [2.75, 3.05) is 19.7 Å². The minimum Gasteiger partial charge on any atom is -0.494 e. The van der Waals surface area contributed by atoms with E-state index in [1.807, 2.05) is 44.4 Å². The number of fused-ring (bicyclic) bond motifs is 1. The van der Waals surface area contributed by atoms with E-state index in [2.05, 4.69) is 23.6 Å². The van der Waals surface area contributed by atoms with Crippen molar-refractivity contribution in [1.29, 1.82) is 0 Å². The Labute approximate surface area is 177 Å². The van der Waals surface area contributed by atoms with Gasteiger partial charge in [-0.2, -0.15) is 0 Å². The summed E-state index contributed by atoms with van der Waals surface area (Å²) in [7, 11) is 0. The monoisotopic (exact) mass is 417 g/mol. The molecule has 0 saturated carbocycles. The summed E-state index contributed by atoms with van der Waals surface area (Å²) in [5, 5.41) is 19.2. The highest BCUT2D eigenvalue weighted by molar-refractivity contribution is 7.10. The number of aliphatic imine (C=N–C) groups is 1. The van der Waals surface area contributed by atoms with E-state index in [9.17, 15) is 5.11 Å². The molecule has 1 aromatic carbocycles. The maximum Gasteiger partial charge on any atom is 0.191 e. The van der Waals surface area contributed by atoms with Crippen LogP contribution in [-0.4, -0.2) is 36.9 Å². The van der Waals surface area contributed by atoms with E-state index >= 15 is 0 Å². The highest BCUT2D eigenvalue weighted by atomic mass is 32.1. The lowest BCUT2D eigenvalue weighted by Crippen LogP contribution is -2.44. The standard InChI is InChI=1S/C22H31N3O3S/c1-5-23-21(25-14-22(4,26)20-8-7-9-29-20)24-13-17-12-19-16(10-15(3)28-19)11-18(17)27-6-2/h7-9,11-12,15,26H,5-6,10,13-14H2,1-4H3,(H2,23,24,25). The summed E-state index contributed by atoms with van der Waals surface area (Å²) in [4.78, 5) is 5.63. The second-order valence-corrected chi connectivity index (χ2v) is 8.38. The average molecular weight is 418 g/mol. The predicted molar refractivity (Wildman–Crippen MR) is 118 cm³/mol. The maximum atomic E-state index is 10.8. The van der Waals surface area contributed by atoms with Crippen LogP contribution < -0.4 is 20.1 Å². The smallest absolute Gasteiger partial charge is 0.191 e. The molecule has 158 valence electrons. The van der Waals surface area contributed by atoms with E-state index < -0.39 is 5.60 Å². The molecule has 0 radical (unpaired) electrons. The van der Waals surface area contributed by atoms with Gasteiger partial charge in [0, 0.05) is 29.0 Å². The number of thiophene rings is 1. The molecule has 2 unspecified atom stereocenters. The third-order valence-electron chi connectivity index (χ3n) is 4.78. The number of hydrogen-bond acceptors (Lipinski definition) is 5. The Morgan fingerprint density at radius 3 is 2.90 bits per heavy atom. The van der Waals surface area contributed by atoms with Gasteiger partial charge in [0.15, 0.2) is 5.96 Å². The molecular weight excluding hydrogens is 386 g/mol. The summed E-state index contributed by atoms with van der Waals surface area (Å²) in [6.07, 6.45) is 1.10. The summed E-state index contributed by atoms with van der Waals surface area (Å²) < 4.78 is 11.7. The molecule has 1 aliphatic heterocycles. The Balaban J connectivity index is 1.73. The van der Waals surface area contributed by atoms with Crippen molar-refractivity contribution in [3.8, 4) is 11.5 Å². The molecule has 1 aromatic heterocycles. The number of nitrogens with one attached hydrogen (secondary N) is 2. The normalized spacial score (nSPS) is 18.0. The summed E-state index contributed by atoms with van der Waals surface area (Å²) in [5.74, 6) is 2.43. The van der Waals surface area contributed by atoms with Gasteiger partial charge in [-0.25, -0.2) is 4.99 Å². The van der Waals surface area contributed by atoms with Gasteiger partial charge in [-0.05, 0) is 51.3 Å². The van der Waals surface area contributed by atoms with E-state index in [1.54, 1.807) is 11.3 Å². The van der Waals surface area contributed by atoms with Crippen molar-refractivity contribution in [2.24, 2.45) is 4.99 Å². The molecule has 0 bridgehead atoms. The van der Waals surface area contributed by atoms with Crippen molar-refractivity contribution in [2.45, 2.75) is 52.4 Å². The van der Waals surface area contributed by atoms with Crippen LogP contribution in [0.5, 0.6) is 11.5 Å². The molecule has 0 saturated heterocycles. The van der Waals surface area contributed by atoms with Crippen LogP contribution in [0.2, 0.25) is 0 Å². The van der Waals surface area contributed by atoms with Crippen LogP contribution in [0.4, 0.5) is 0 Å². The fraction of sp³-hybridized carbons (Fsp3) is 0.500. The Kier molecular flexibility index (Phi) is 7.03. The Morgan fingerprint density at radius 1 is 1.38 bits per heavy atom. The minimum absolute atomic E-state index is 0.191. The van der Waals surface area contributed by atoms with Gasteiger partial charge in [0.25, 0.3) is 0 Å². The number of hydrogen-bond donors (Lipinski definition) is 3. The van der Waals surface area contributed by atoms with Crippen LogP contribution in [0.15, 0.2) is 34.6 Å². The molecule has 29 heavy (non-hydrogen) atoms. The first-order valence-corrected chi connectivity index (χ1v) is 11.0. The number of rotatable bonds is 8. The van der Waals surface area contributed by atoms with E-state index in [4.69, 9.17) is 14.5 Å². The molecule has 0 spiro atoms. The highest BCUT2D eigenvalue weighted by Gasteiger charge is 2.25. The first-order valence-electron chi connectivity index (χ1n) is 10.2. The number of ether oxygens (including phenoxy) is 2. The van der Waals surface area contributed by atoms with Crippen LogP contribution in [0.3, 0.4) is 0 Å². The zero-order valence-corrected chi connectivity index (χ0v) is 18.4. The highest BCUT2D eigenvalue weighted by Crippen LogP contribution is 2.35. The molecule has 3 N–H and O–H groups in total. The van der Waals surface area contributed by atoms with Crippen LogP contribution >= 0.6 is 11.3 Å². The Morgan fingerprint density at radius 2 is 2.21 bits per heavy atom. The maximum absolute atomic E-state index is 10.8. The molecule has 0 fully saturated rings. The molecule has 2 aromatic rings. The summed E-state index contributed by atoms with van der Waals surface area (Å²) in [5.41, 5.74) is 1.21. The average Bonchev–Trinajstić information content (AvgIpc) is 3.33. The third kappa shape index (κ3) is 5.42. The van der Waals surface area contributed by atoms with Gasteiger partial charge < -0.3 is 25.2 Å². The van der Waals surface area contributed by atoms with Crippen LogP contribution in [0, 0.1) is 0 Å². The van der Waals surface area contributed by atoms with E-state index in [0.29, 0.717) is 25.7 Å². The molecule has 2 heterocycles. The molecule has 6 nitrogen and oxygen atoms in total. The molecular formula is C22H31N3O3S. The van der Waals surface area contributed by atoms with E-state index in [-0.39, 0.29) is 6.10 Å². The molecule has 1 aliphatic rings. The zero-order chi connectivity index (χ0) is 20.9. The minimum atomic E-state index is -0.960. The topological polar surface area (TPSA) is 75.1 Å². The van der Waals surface area contributed by atoms with E-state index in [0.717, 1.165) is 34.9 Å². The molecule has 2 atom stereocenters. The number of guanidine groups is 1. The largest absolute Gasteiger partial charge is 0.494 e. The van der Waals surface area contributed by atoms with Crippen LogP contribution in [-0.2, 0) is 18.6 Å².